The van der Waals surface area contributed by atoms with Crippen molar-refractivity contribution in [1.82, 2.24) is 10.2 Å². The molecule has 0 spiro atoms. The van der Waals surface area contributed by atoms with Crippen molar-refractivity contribution >= 4 is 23.4 Å². The van der Waals surface area contributed by atoms with E-state index in [9.17, 15) is 27.6 Å². The fourth-order valence-electron chi connectivity index (χ4n) is 6.05. The molecule has 4 rings (SSSR count). The second-order valence-corrected chi connectivity index (χ2v) is 12.8. The van der Waals surface area contributed by atoms with E-state index in [0.29, 0.717) is 41.9 Å². The van der Waals surface area contributed by atoms with Crippen LogP contribution in [-0.2, 0) is 30.7 Å². The third-order valence-corrected chi connectivity index (χ3v) is 9.18. The lowest BCUT2D eigenvalue weighted by atomic mass is 9.73. The van der Waals surface area contributed by atoms with Crippen LogP contribution in [0.2, 0.25) is 0 Å². The van der Waals surface area contributed by atoms with Crippen molar-refractivity contribution in [2.75, 3.05) is 20.7 Å². The molecule has 9 heteroatoms. The van der Waals surface area contributed by atoms with E-state index in [1.54, 1.807) is 32.3 Å². The molecule has 0 fully saturated rings. The van der Waals surface area contributed by atoms with Gasteiger partial charge in [0.25, 0.3) is 5.91 Å². The summed E-state index contributed by atoms with van der Waals surface area (Å²) in [6, 6.07) is 15.4. The number of hydrogen-bond acceptors (Lipinski definition) is 4. The molecule has 0 aliphatic heterocycles. The number of hydrogen-bond donors (Lipinski definition) is 1. The maximum absolute atomic E-state index is 13.0. The molecule has 0 radical (unpaired) electrons. The lowest BCUT2D eigenvalue weighted by molar-refractivity contribution is -0.141. The van der Waals surface area contributed by atoms with Crippen molar-refractivity contribution in [2.45, 2.75) is 91.7 Å². The highest BCUT2D eigenvalue weighted by Crippen LogP contribution is 2.35. The number of nitrogens with one attached hydrogen (secondary N) is 1. The van der Waals surface area contributed by atoms with Crippen LogP contribution in [0.4, 0.5) is 13.2 Å². The Morgan fingerprint density at radius 1 is 0.849 bits per heavy atom. The Morgan fingerprint density at radius 3 is 2.06 bits per heavy atom. The number of likely N-dealkylation sites (N-methyl/N-ethyl adjacent to an activating group) is 1. The minimum Gasteiger partial charge on any atom is -0.466 e. The van der Waals surface area contributed by atoms with Gasteiger partial charge in [-0.3, -0.25) is 14.4 Å². The number of benzene rings is 2. The maximum atomic E-state index is 13.0. The Labute approximate surface area is 313 Å². The van der Waals surface area contributed by atoms with Crippen LogP contribution < -0.4 is 5.32 Å². The monoisotopic (exact) mass is 732 g/mol. The number of esters is 1. The number of amides is 2. The van der Waals surface area contributed by atoms with E-state index < -0.39 is 11.7 Å². The highest BCUT2D eigenvalue weighted by molar-refractivity contribution is 5.96. The summed E-state index contributed by atoms with van der Waals surface area (Å²) >= 11 is 0. The summed E-state index contributed by atoms with van der Waals surface area (Å²) in [5.41, 5.74) is 4.77. The van der Waals surface area contributed by atoms with Gasteiger partial charge >= 0.3 is 12.1 Å². The molecule has 0 heterocycles. The SMILES string of the molecule is CC.CC1=CCC(C(=O)N(C)C)=C(NC(=O)CC2=C(c3ccc(C(F)(F)F)cc3)C=CC=CC2)C=C1.CCC(CC)(CCOC(C)=O)c1ccccc1. The van der Waals surface area contributed by atoms with Crippen LogP contribution in [0.15, 0.2) is 120 Å². The molecule has 0 bridgehead atoms. The quantitative estimate of drug-likeness (QED) is 0.233. The summed E-state index contributed by atoms with van der Waals surface area (Å²) in [5, 5.41) is 2.88. The van der Waals surface area contributed by atoms with Gasteiger partial charge in [-0.25, -0.2) is 0 Å². The molecular weight excluding hydrogens is 677 g/mol. The molecule has 6 nitrogen and oxygen atoms in total. The summed E-state index contributed by atoms with van der Waals surface area (Å²) in [6.45, 7) is 12.3. The first-order valence-electron chi connectivity index (χ1n) is 18.2. The fourth-order valence-corrected chi connectivity index (χ4v) is 6.05. The lowest BCUT2D eigenvalue weighted by Gasteiger charge is -2.32. The molecule has 0 atom stereocenters. The van der Waals surface area contributed by atoms with Gasteiger partial charge in [0.05, 0.1) is 12.2 Å². The average molecular weight is 733 g/mol. The van der Waals surface area contributed by atoms with Crippen LogP contribution in [0.1, 0.15) is 96.8 Å². The first kappa shape index (κ1) is 44.2. The first-order valence-corrected chi connectivity index (χ1v) is 18.2. The van der Waals surface area contributed by atoms with Gasteiger partial charge < -0.3 is 15.0 Å². The summed E-state index contributed by atoms with van der Waals surface area (Å²) in [7, 11) is 3.32. The van der Waals surface area contributed by atoms with Crippen molar-refractivity contribution in [3.05, 3.63) is 136 Å². The Kier molecular flexibility index (Phi) is 18.0. The van der Waals surface area contributed by atoms with Gasteiger partial charge in [0.2, 0.25) is 5.91 Å². The molecule has 53 heavy (non-hydrogen) atoms. The molecule has 2 aliphatic carbocycles. The molecule has 1 N–H and O–H groups in total. The van der Waals surface area contributed by atoms with Crippen molar-refractivity contribution in [1.29, 1.82) is 0 Å². The van der Waals surface area contributed by atoms with Crippen molar-refractivity contribution < 1.29 is 32.3 Å². The van der Waals surface area contributed by atoms with Crippen LogP contribution >= 0.6 is 0 Å². The molecule has 0 saturated heterocycles. The Hall–Kier alpha value is -4.92. The van der Waals surface area contributed by atoms with Crippen LogP contribution in [0.3, 0.4) is 0 Å². The zero-order valence-electron chi connectivity index (χ0n) is 32.4. The number of carbonyl (C=O) groups is 3. The molecule has 0 saturated carbocycles. The molecule has 2 amide bonds. The molecule has 2 aromatic rings. The van der Waals surface area contributed by atoms with Gasteiger partial charge in [-0.1, -0.05) is 112 Å². The third kappa shape index (κ3) is 13.5. The summed E-state index contributed by atoms with van der Waals surface area (Å²) in [5.74, 6) is -0.679. The number of alkyl halides is 3. The predicted octanol–water partition coefficient (Wildman–Crippen LogP) is 10.5. The van der Waals surface area contributed by atoms with Crippen LogP contribution in [0, 0.1) is 0 Å². The highest BCUT2D eigenvalue weighted by atomic mass is 19.4. The van der Waals surface area contributed by atoms with Crippen molar-refractivity contribution in [2.24, 2.45) is 0 Å². The zero-order valence-corrected chi connectivity index (χ0v) is 32.4. The largest absolute Gasteiger partial charge is 0.466 e. The van der Waals surface area contributed by atoms with Crippen LogP contribution in [-0.4, -0.2) is 43.4 Å². The van der Waals surface area contributed by atoms with Gasteiger partial charge in [0, 0.05) is 38.7 Å². The number of ether oxygens (including phenoxy) is 1. The third-order valence-electron chi connectivity index (χ3n) is 9.18. The Balaban J connectivity index is 0.000000430. The minimum absolute atomic E-state index is 0.0399. The van der Waals surface area contributed by atoms with Gasteiger partial charge in [-0.05, 0) is 84.9 Å². The first-order chi connectivity index (χ1) is 25.2. The summed E-state index contributed by atoms with van der Waals surface area (Å²) < 4.78 is 44.0. The minimum atomic E-state index is -4.41. The lowest BCUT2D eigenvalue weighted by Crippen LogP contribution is -2.29. The van der Waals surface area contributed by atoms with Gasteiger partial charge in [0.1, 0.15) is 0 Å². The molecule has 0 unspecified atom stereocenters. The molecule has 2 aromatic carbocycles. The second-order valence-electron chi connectivity index (χ2n) is 12.8. The summed E-state index contributed by atoms with van der Waals surface area (Å²) in [4.78, 5) is 38.0. The maximum Gasteiger partial charge on any atom is 0.416 e. The van der Waals surface area contributed by atoms with Gasteiger partial charge in [-0.15, -0.1) is 0 Å². The number of nitrogens with zero attached hydrogens (tertiary/aromatic N) is 1. The van der Waals surface area contributed by atoms with E-state index in [4.69, 9.17) is 4.74 Å². The molecule has 286 valence electrons. The molecular formula is C44H55F3N2O4. The van der Waals surface area contributed by atoms with Gasteiger partial charge in [-0.2, -0.15) is 13.2 Å². The normalized spacial score (nSPS) is 14.1. The summed E-state index contributed by atoms with van der Waals surface area (Å²) in [6.07, 6.45) is 12.4. The average Bonchev–Trinajstić information content (AvgIpc) is 3.48. The van der Waals surface area contributed by atoms with Gasteiger partial charge in [0.15, 0.2) is 0 Å². The van der Waals surface area contributed by atoms with E-state index in [2.05, 4.69) is 43.4 Å². The number of allylic oxidation sites excluding steroid dienone is 9. The van der Waals surface area contributed by atoms with E-state index in [1.165, 1.54) is 29.5 Å². The van der Waals surface area contributed by atoms with E-state index in [-0.39, 0.29) is 29.6 Å². The number of carbonyl (C=O) groups excluding carboxylic acids is 3. The van der Waals surface area contributed by atoms with Crippen LogP contribution in [0.5, 0.6) is 0 Å². The molecule has 2 aliphatic rings. The van der Waals surface area contributed by atoms with Crippen molar-refractivity contribution in [3.63, 3.8) is 0 Å². The Bertz CT molecular complexity index is 1710. The second kappa shape index (κ2) is 21.6. The van der Waals surface area contributed by atoms with E-state index >= 15 is 0 Å². The smallest absolute Gasteiger partial charge is 0.416 e. The van der Waals surface area contributed by atoms with Crippen molar-refractivity contribution in [3.8, 4) is 0 Å². The fraction of sp³-hybridized carbons (Fsp3) is 0.386. The molecule has 0 aromatic heterocycles. The number of halogens is 3. The van der Waals surface area contributed by atoms with E-state index in [0.717, 1.165) is 42.5 Å². The zero-order chi connectivity index (χ0) is 39.6. The van der Waals surface area contributed by atoms with Crippen LogP contribution in [0.25, 0.3) is 5.57 Å². The Morgan fingerprint density at radius 2 is 1.49 bits per heavy atom. The number of rotatable bonds is 11. The predicted molar refractivity (Wildman–Crippen MR) is 209 cm³/mol. The topological polar surface area (TPSA) is 75.7 Å². The standard InChI is InChI=1S/C27H27F3N2O2.C15H22O2.C2H6/c1-18-9-15-23(26(34)32(2)3)24(16-10-18)31-25(33)17-20-7-5-4-6-8-22(20)19-11-13-21(14-12-19)27(28,29)30;1-4-15(5-2,11-12-17-13(3)16)14-9-7-6-8-10-14;1-2/h4-6,8-14,16H,7,15,17H2,1-3H3,(H,31,33);6-10H,4-5,11-12H2,1-3H3;1-2H3. The van der Waals surface area contributed by atoms with E-state index in [1.807, 2.05) is 51.1 Å². The highest BCUT2D eigenvalue weighted by Gasteiger charge is 2.30.